The summed E-state index contributed by atoms with van der Waals surface area (Å²) in [6.07, 6.45) is 3.48. The van der Waals surface area contributed by atoms with Crippen LogP contribution in [0.5, 0.6) is 0 Å². The van der Waals surface area contributed by atoms with Crippen LogP contribution in [0.25, 0.3) is 10.9 Å². The van der Waals surface area contributed by atoms with Gasteiger partial charge >= 0.3 is 0 Å². The number of aromatic nitrogens is 3. The zero-order valence-corrected chi connectivity index (χ0v) is 12.4. The van der Waals surface area contributed by atoms with Gasteiger partial charge < -0.3 is 5.84 Å². The lowest BCUT2D eigenvalue weighted by Crippen LogP contribution is -2.29. The fraction of sp³-hybridized carbons (Fsp3) is 0.0714. The zero-order valence-electron chi connectivity index (χ0n) is 10.9. The Kier molecular flexibility index (Phi) is 3.81. The van der Waals surface area contributed by atoms with Crippen LogP contribution >= 0.6 is 23.4 Å². The Balaban J connectivity index is 1.98. The zero-order chi connectivity index (χ0) is 14.8. The van der Waals surface area contributed by atoms with Crippen molar-refractivity contribution in [3.05, 3.63) is 63.7 Å². The van der Waals surface area contributed by atoms with Crippen LogP contribution in [0.15, 0.2) is 52.7 Å². The molecule has 0 atom stereocenters. The molecule has 3 rings (SSSR count). The maximum atomic E-state index is 12.2. The predicted molar refractivity (Wildman–Crippen MR) is 85.0 cm³/mol. The first kappa shape index (κ1) is 13.9. The van der Waals surface area contributed by atoms with Crippen LogP contribution in [0.4, 0.5) is 0 Å². The molecular weight excluding hydrogens is 308 g/mol. The van der Waals surface area contributed by atoms with Crippen molar-refractivity contribution in [2.45, 2.75) is 10.9 Å². The first-order valence-corrected chi connectivity index (χ1v) is 7.50. The molecule has 0 spiro atoms. The van der Waals surface area contributed by atoms with E-state index in [1.54, 1.807) is 30.6 Å². The minimum absolute atomic E-state index is 0.287. The summed E-state index contributed by atoms with van der Waals surface area (Å²) in [6, 6.07) is 8.75. The molecule has 0 aliphatic rings. The average Bonchev–Trinajstić information content (AvgIpc) is 2.50. The van der Waals surface area contributed by atoms with E-state index in [1.807, 2.05) is 12.1 Å². The Morgan fingerprint density at radius 2 is 2.19 bits per heavy atom. The number of halogens is 1. The van der Waals surface area contributed by atoms with Gasteiger partial charge in [0.2, 0.25) is 0 Å². The number of nitrogen functional groups attached to an aromatic ring is 1. The number of nitrogens with zero attached hydrogens (tertiary/aromatic N) is 3. The summed E-state index contributed by atoms with van der Waals surface area (Å²) in [5.74, 6) is 6.45. The minimum Gasteiger partial charge on any atom is -0.334 e. The summed E-state index contributed by atoms with van der Waals surface area (Å²) in [5.41, 5.74) is 1.29. The van der Waals surface area contributed by atoms with Gasteiger partial charge in [0.1, 0.15) is 0 Å². The van der Waals surface area contributed by atoms with Gasteiger partial charge in [0.15, 0.2) is 5.16 Å². The van der Waals surface area contributed by atoms with Gasteiger partial charge in [-0.3, -0.25) is 9.78 Å². The van der Waals surface area contributed by atoms with Gasteiger partial charge in [-0.1, -0.05) is 29.4 Å². The summed E-state index contributed by atoms with van der Waals surface area (Å²) in [7, 11) is 0. The highest BCUT2D eigenvalue weighted by Crippen LogP contribution is 2.22. The highest BCUT2D eigenvalue weighted by Gasteiger charge is 2.10. The molecule has 0 radical (unpaired) electrons. The maximum Gasteiger partial charge on any atom is 0.280 e. The highest BCUT2D eigenvalue weighted by atomic mass is 35.5. The van der Waals surface area contributed by atoms with Crippen LogP contribution in [-0.2, 0) is 5.75 Å². The number of hydrogen-bond acceptors (Lipinski definition) is 5. The Morgan fingerprint density at radius 3 is 2.95 bits per heavy atom. The number of thioether (sulfide) groups is 1. The Morgan fingerprint density at radius 1 is 1.33 bits per heavy atom. The van der Waals surface area contributed by atoms with Gasteiger partial charge in [-0.25, -0.2) is 9.66 Å². The standard InChI is InChI=1S/C14H11ClN4OS/c15-10-3-4-11-12(6-10)18-14(19(16)13(11)20)21-8-9-2-1-5-17-7-9/h1-7H,8,16H2. The van der Waals surface area contributed by atoms with Gasteiger partial charge in [0, 0.05) is 23.2 Å². The smallest absolute Gasteiger partial charge is 0.280 e. The van der Waals surface area contributed by atoms with Crippen molar-refractivity contribution in [2.75, 3.05) is 5.84 Å². The summed E-state index contributed by atoms with van der Waals surface area (Å²) in [4.78, 5) is 20.7. The molecule has 2 aromatic heterocycles. The van der Waals surface area contributed by atoms with Crippen molar-refractivity contribution < 1.29 is 0 Å². The van der Waals surface area contributed by atoms with Crippen molar-refractivity contribution in [3.8, 4) is 0 Å². The lowest BCUT2D eigenvalue weighted by molar-refractivity contribution is 0.779. The monoisotopic (exact) mass is 318 g/mol. The SMILES string of the molecule is Nn1c(SCc2cccnc2)nc2cc(Cl)ccc2c1=O. The molecule has 0 aliphatic heterocycles. The van der Waals surface area contributed by atoms with Crippen LogP contribution in [0.2, 0.25) is 5.02 Å². The van der Waals surface area contributed by atoms with E-state index in [1.165, 1.54) is 11.8 Å². The van der Waals surface area contributed by atoms with E-state index in [2.05, 4.69) is 9.97 Å². The van der Waals surface area contributed by atoms with Crippen molar-refractivity contribution in [1.82, 2.24) is 14.6 Å². The van der Waals surface area contributed by atoms with Gasteiger partial charge in [-0.05, 0) is 29.8 Å². The molecule has 2 N–H and O–H groups in total. The third-order valence-electron chi connectivity index (χ3n) is 2.92. The van der Waals surface area contributed by atoms with E-state index in [9.17, 15) is 4.79 Å². The molecule has 0 saturated carbocycles. The number of benzene rings is 1. The van der Waals surface area contributed by atoms with Crippen LogP contribution in [-0.4, -0.2) is 14.6 Å². The van der Waals surface area contributed by atoms with E-state index in [4.69, 9.17) is 17.4 Å². The van der Waals surface area contributed by atoms with Gasteiger partial charge in [-0.15, -0.1) is 0 Å². The number of rotatable bonds is 3. The van der Waals surface area contributed by atoms with Gasteiger partial charge in [0.25, 0.3) is 5.56 Å². The molecular formula is C14H11ClN4OS. The van der Waals surface area contributed by atoms with Gasteiger partial charge in [-0.2, -0.15) is 0 Å². The molecule has 1 aromatic carbocycles. The summed E-state index contributed by atoms with van der Waals surface area (Å²) < 4.78 is 1.07. The van der Waals surface area contributed by atoms with E-state index in [-0.39, 0.29) is 5.56 Å². The van der Waals surface area contributed by atoms with Crippen LogP contribution in [0.1, 0.15) is 5.56 Å². The molecule has 0 aliphatic carbocycles. The third kappa shape index (κ3) is 2.86. The molecule has 0 bridgehead atoms. The number of hydrogen-bond donors (Lipinski definition) is 1. The molecule has 106 valence electrons. The molecule has 5 nitrogen and oxygen atoms in total. The average molecular weight is 319 g/mol. The second kappa shape index (κ2) is 5.75. The largest absolute Gasteiger partial charge is 0.334 e. The molecule has 21 heavy (non-hydrogen) atoms. The Hall–Kier alpha value is -2.05. The molecule has 2 heterocycles. The molecule has 0 unspecified atom stereocenters. The molecule has 3 aromatic rings. The van der Waals surface area contributed by atoms with E-state index in [0.717, 1.165) is 10.2 Å². The van der Waals surface area contributed by atoms with Gasteiger partial charge in [0.05, 0.1) is 10.9 Å². The summed E-state index contributed by atoms with van der Waals surface area (Å²) in [5, 5.41) is 1.43. The van der Waals surface area contributed by atoms with Crippen LogP contribution < -0.4 is 11.4 Å². The molecule has 0 fully saturated rings. The number of pyridine rings is 1. The Bertz CT molecular complexity index is 851. The fourth-order valence-corrected chi connectivity index (χ4v) is 2.90. The fourth-order valence-electron chi connectivity index (χ4n) is 1.88. The number of fused-ring (bicyclic) bond motifs is 1. The second-order valence-electron chi connectivity index (χ2n) is 4.38. The summed E-state index contributed by atoms with van der Waals surface area (Å²) >= 11 is 7.32. The molecule has 0 amide bonds. The summed E-state index contributed by atoms with van der Waals surface area (Å²) in [6.45, 7) is 0. The lowest BCUT2D eigenvalue weighted by atomic mass is 10.2. The normalized spacial score (nSPS) is 10.9. The first-order chi connectivity index (χ1) is 10.1. The quantitative estimate of drug-likeness (QED) is 0.456. The highest BCUT2D eigenvalue weighted by molar-refractivity contribution is 7.98. The lowest BCUT2D eigenvalue weighted by Gasteiger charge is -2.08. The van der Waals surface area contributed by atoms with Crippen LogP contribution in [0, 0.1) is 0 Å². The third-order valence-corrected chi connectivity index (χ3v) is 4.18. The van der Waals surface area contributed by atoms with Crippen molar-refractivity contribution in [3.63, 3.8) is 0 Å². The molecule has 7 heteroatoms. The van der Waals surface area contributed by atoms with Crippen molar-refractivity contribution in [1.29, 1.82) is 0 Å². The van der Waals surface area contributed by atoms with Crippen molar-refractivity contribution in [2.24, 2.45) is 0 Å². The minimum atomic E-state index is -0.287. The second-order valence-corrected chi connectivity index (χ2v) is 5.76. The molecule has 0 saturated heterocycles. The maximum absolute atomic E-state index is 12.2. The topological polar surface area (TPSA) is 73.8 Å². The predicted octanol–water partition coefficient (Wildman–Crippen LogP) is 2.45. The first-order valence-electron chi connectivity index (χ1n) is 6.14. The van der Waals surface area contributed by atoms with Crippen molar-refractivity contribution >= 4 is 34.3 Å². The van der Waals surface area contributed by atoms with E-state index in [0.29, 0.717) is 26.8 Å². The van der Waals surface area contributed by atoms with Crippen LogP contribution in [0.3, 0.4) is 0 Å². The van der Waals surface area contributed by atoms with E-state index < -0.39 is 0 Å². The Labute approximate surface area is 129 Å². The van der Waals surface area contributed by atoms with E-state index >= 15 is 0 Å². The number of nitrogens with two attached hydrogens (primary N) is 1.